The van der Waals surface area contributed by atoms with Crippen molar-refractivity contribution in [2.45, 2.75) is 20.3 Å². The Morgan fingerprint density at radius 3 is 2.53 bits per heavy atom. The quantitative estimate of drug-likeness (QED) is 0.570. The highest BCUT2D eigenvalue weighted by Gasteiger charge is 2.28. The lowest BCUT2D eigenvalue weighted by Crippen LogP contribution is -2.49. The molecule has 0 bridgehead atoms. The number of carbonyl (C=O) groups is 2. The van der Waals surface area contributed by atoms with Gasteiger partial charge in [-0.25, -0.2) is 0 Å². The third-order valence-corrected chi connectivity index (χ3v) is 5.24. The molecule has 1 unspecified atom stereocenters. The van der Waals surface area contributed by atoms with Gasteiger partial charge in [0.05, 0.1) is 0 Å². The van der Waals surface area contributed by atoms with Crippen molar-refractivity contribution in [1.29, 1.82) is 0 Å². The van der Waals surface area contributed by atoms with Crippen molar-refractivity contribution in [2.24, 2.45) is 11.8 Å². The molecule has 1 fully saturated rings. The van der Waals surface area contributed by atoms with Gasteiger partial charge >= 0.3 is 0 Å². The number of halogens is 1. The first-order chi connectivity index (χ1) is 14.0. The largest absolute Gasteiger partial charge is 0.484 e. The number of nitrogens with one attached hydrogen (secondary N) is 3. The maximum atomic E-state index is 12.1. The highest BCUT2D eigenvalue weighted by Crippen LogP contribution is 2.16. The summed E-state index contributed by atoms with van der Waals surface area (Å²) >= 11 is 0. The number of aryl methyl sites for hydroxylation is 1. The van der Waals surface area contributed by atoms with Crippen LogP contribution in [0, 0.1) is 18.8 Å². The van der Waals surface area contributed by atoms with Gasteiger partial charge in [-0.05, 0) is 67.7 Å². The van der Waals surface area contributed by atoms with Gasteiger partial charge in [-0.1, -0.05) is 31.2 Å². The van der Waals surface area contributed by atoms with Crippen molar-refractivity contribution in [1.82, 2.24) is 10.6 Å². The zero-order valence-corrected chi connectivity index (χ0v) is 18.3. The second kappa shape index (κ2) is 11.6. The Morgan fingerprint density at radius 2 is 1.90 bits per heavy atom. The third-order valence-electron chi connectivity index (χ3n) is 5.24. The Labute approximate surface area is 184 Å². The van der Waals surface area contributed by atoms with Crippen LogP contribution in [0.25, 0.3) is 0 Å². The van der Waals surface area contributed by atoms with Crippen molar-refractivity contribution in [3.63, 3.8) is 0 Å². The van der Waals surface area contributed by atoms with Gasteiger partial charge in [0, 0.05) is 18.2 Å². The molecule has 30 heavy (non-hydrogen) atoms. The fraction of sp³-hybridized carbons (Fsp3) is 0.391. The molecule has 0 aromatic heterocycles. The molecule has 0 aliphatic carbocycles. The van der Waals surface area contributed by atoms with E-state index in [0.717, 1.165) is 36.3 Å². The van der Waals surface area contributed by atoms with Gasteiger partial charge in [0.2, 0.25) is 5.91 Å². The number of carbonyl (C=O) groups excluding carboxylic acids is 2. The lowest BCUT2D eigenvalue weighted by Gasteiger charge is -2.31. The molecule has 3 N–H and O–H groups in total. The number of rotatable bonds is 9. The van der Waals surface area contributed by atoms with E-state index in [2.05, 4.69) is 16.0 Å². The van der Waals surface area contributed by atoms with Crippen LogP contribution in [-0.4, -0.2) is 38.1 Å². The van der Waals surface area contributed by atoms with Gasteiger partial charge < -0.3 is 20.7 Å². The molecule has 7 heteroatoms. The molecule has 6 nitrogen and oxygen atoms in total. The molecule has 2 amide bonds. The first-order valence-electron chi connectivity index (χ1n) is 10.1. The van der Waals surface area contributed by atoms with E-state index in [0.29, 0.717) is 18.2 Å². The Kier molecular flexibility index (Phi) is 9.15. The average molecular weight is 432 g/mol. The minimum Gasteiger partial charge on any atom is -0.484 e. The minimum atomic E-state index is -0.196. The Balaban J connectivity index is 0.00000320. The van der Waals surface area contributed by atoms with Gasteiger partial charge in [-0.3, -0.25) is 9.59 Å². The van der Waals surface area contributed by atoms with Crippen molar-refractivity contribution < 1.29 is 14.3 Å². The number of ether oxygens (including phenoxy) is 1. The normalized spacial score (nSPS) is 14.1. The van der Waals surface area contributed by atoms with Crippen LogP contribution in [-0.2, 0) is 16.0 Å². The maximum absolute atomic E-state index is 12.1. The van der Waals surface area contributed by atoms with E-state index in [-0.39, 0.29) is 36.7 Å². The average Bonchev–Trinajstić information content (AvgIpc) is 2.66. The molecule has 1 atom stereocenters. The molecule has 162 valence electrons. The molecule has 1 aliphatic heterocycles. The van der Waals surface area contributed by atoms with Crippen LogP contribution in [0.2, 0.25) is 0 Å². The first-order valence-corrected chi connectivity index (χ1v) is 10.1. The van der Waals surface area contributed by atoms with E-state index in [1.54, 1.807) is 0 Å². The number of amides is 2. The van der Waals surface area contributed by atoms with Gasteiger partial charge in [0.25, 0.3) is 5.91 Å². The number of anilines is 1. The molecule has 1 aliphatic rings. The molecule has 3 rings (SSSR count). The van der Waals surface area contributed by atoms with E-state index in [1.165, 1.54) is 0 Å². The van der Waals surface area contributed by atoms with Crippen LogP contribution in [0.5, 0.6) is 5.75 Å². The Hall–Kier alpha value is -2.57. The molecule has 0 spiro atoms. The monoisotopic (exact) mass is 431 g/mol. The minimum absolute atomic E-state index is 0. The smallest absolute Gasteiger partial charge is 0.262 e. The van der Waals surface area contributed by atoms with E-state index >= 15 is 0 Å². The second-order valence-electron chi connectivity index (χ2n) is 7.60. The van der Waals surface area contributed by atoms with E-state index in [9.17, 15) is 9.59 Å². The molecule has 0 saturated carbocycles. The second-order valence-corrected chi connectivity index (χ2v) is 7.60. The highest BCUT2D eigenvalue weighted by atomic mass is 35.5. The molecule has 1 saturated heterocycles. The summed E-state index contributed by atoms with van der Waals surface area (Å²) in [5.74, 6) is 1.07. The predicted molar refractivity (Wildman–Crippen MR) is 121 cm³/mol. The lowest BCUT2D eigenvalue weighted by molar-refractivity contribution is -0.126. The molecule has 1 heterocycles. The summed E-state index contributed by atoms with van der Waals surface area (Å²) in [7, 11) is 0. The fourth-order valence-corrected chi connectivity index (χ4v) is 3.19. The van der Waals surface area contributed by atoms with Crippen LogP contribution < -0.4 is 20.7 Å². The molecule has 2 aromatic carbocycles. The van der Waals surface area contributed by atoms with Gasteiger partial charge in [0.1, 0.15) is 5.75 Å². The Bertz CT molecular complexity index is 838. The first kappa shape index (κ1) is 23.7. The van der Waals surface area contributed by atoms with Crippen LogP contribution >= 0.6 is 12.4 Å². The van der Waals surface area contributed by atoms with Gasteiger partial charge in [-0.2, -0.15) is 0 Å². The third kappa shape index (κ3) is 7.04. The summed E-state index contributed by atoms with van der Waals surface area (Å²) in [6.07, 6.45) is 0.759. The van der Waals surface area contributed by atoms with E-state index < -0.39 is 0 Å². The van der Waals surface area contributed by atoms with Crippen LogP contribution in [0.15, 0.2) is 48.5 Å². The van der Waals surface area contributed by atoms with E-state index in [1.807, 2.05) is 62.4 Å². The summed E-state index contributed by atoms with van der Waals surface area (Å²) in [5, 5.41) is 9.03. The summed E-state index contributed by atoms with van der Waals surface area (Å²) in [6, 6.07) is 15.2. The van der Waals surface area contributed by atoms with Crippen molar-refractivity contribution in [2.75, 3.05) is 31.6 Å². The van der Waals surface area contributed by atoms with Crippen LogP contribution in [0.4, 0.5) is 5.69 Å². The molecule has 2 aromatic rings. The zero-order chi connectivity index (χ0) is 20.6. The fourth-order valence-electron chi connectivity index (χ4n) is 3.19. The number of benzene rings is 2. The standard InChI is InChI=1S/C23H29N3O3.ClH/c1-16-4-3-5-20(12-16)26-22(27)15-29-21-8-6-18(7-9-21)10-11-25-23(28)17(2)19-13-24-14-19;/h3-9,12,17,19,24H,10-11,13-15H2,1-2H3,(H,25,28)(H,26,27);1H. The number of hydrogen-bond donors (Lipinski definition) is 3. The number of hydrogen-bond acceptors (Lipinski definition) is 4. The topological polar surface area (TPSA) is 79.5 Å². The maximum Gasteiger partial charge on any atom is 0.262 e. The molecular formula is C23H30ClN3O3. The van der Waals surface area contributed by atoms with Crippen molar-refractivity contribution in [3.05, 3.63) is 59.7 Å². The predicted octanol–water partition coefficient (Wildman–Crippen LogP) is 2.95. The Morgan fingerprint density at radius 1 is 1.17 bits per heavy atom. The summed E-state index contributed by atoms with van der Waals surface area (Å²) in [4.78, 5) is 24.1. The summed E-state index contributed by atoms with van der Waals surface area (Å²) in [6.45, 7) is 6.39. The van der Waals surface area contributed by atoms with Crippen LogP contribution in [0.1, 0.15) is 18.1 Å². The summed E-state index contributed by atoms with van der Waals surface area (Å²) < 4.78 is 5.56. The highest BCUT2D eigenvalue weighted by molar-refractivity contribution is 5.91. The van der Waals surface area contributed by atoms with Crippen molar-refractivity contribution >= 4 is 29.9 Å². The van der Waals surface area contributed by atoms with E-state index in [4.69, 9.17) is 4.74 Å². The molecular weight excluding hydrogens is 402 g/mol. The summed E-state index contributed by atoms with van der Waals surface area (Å²) in [5.41, 5.74) is 2.96. The van der Waals surface area contributed by atoms with Crippen molar-refractivity contribution in [3.8, 4) is 5.75 Å². The SMILES string of the molecule is Cc1cccc(NC(=O)COc2ccc(CCNC(=O)C(C)C3CNC3)cc2)c1.Cl. The molecule has 0 radical (unpaired) electrons. The lowest BCUT2D eigenvalue weighted by atomic mass is 9.88. The van der Waals surface area contributed by atoms with Gasteiger partial charge in [-0.15, -0.1) is 12.4 Å². The van der Waals surface area contributed by atoms with Gasteiger partial charge in [0.15, 0.2) is 6.61 Å². The zero-order valence-electron chi connectivity index (χ0n) is 17.4. The van der Waals surface area contributed by atoms with Crippen LogP contribution in [0.3, 0.4) is 0 Å².